The zero-order valence-electron chi connectivity index (χ0n) is 16.9. The number of aromatic nitrogens is 2. The van der Waals surface area contributed by atoms with Gasteiger partial charge in [-0.3, -0.25) is 9.59 Å². The minimum atomic E-state index is -0.220. The Morgan fingerprint density at radius 3 is 2.87 bits per heavy atom. The molecular formula is C22H21N3O3S2. The van der Waals surface area contributed by atoms with Crippen LogP contribution in [0.25, 0.3) is 10.2 Å². The van der Waals surface area contributed by atoms with E-state index >= 15 is 0 Å². The van der Waals surface area contributed by atoms with E-state index in [1.54, 1.807) is 37.3 Å². The highest BCUT2D eigenvalue weighted by Crippen LogP contribution is 2.29. The predicted octanol–water partition coefficient (Wildman–Crippen LogP) is 4.73. The number of thioether (sulfide) groups is 1. The zero-order chi connectivity index (χ0) is 21.3. The highest BCUT2D eigenvalue weighted by atomic mass is 32.2. The number of H-pyrrole nitrogens is 1. The largest absolute Gasteiger partial charge is 0.472 e. The Bertz CT molecular complexity index is 1270. The third-order valence-electron chi connectivity index (χ3n) is 4.80. The molecule has 0 aliphatic rings. The number of nitrogens with one attached hydrogen (secondary N) is 2. The van der Waals surface area contributed by atoms with Crippen LogP contribution in [0.3, 0.4) is 0 Å². The number of amides is 1. The van der Waals surface area contributed by atoms with E-state index in [0.29, 0.717) is 38.8 Å². The lowest BCUT2D eigenvalue weighted by atomic mass is 10.2. The van der Waals surface area contributed by atoms with Crippen molar-refractivity contribution in [3.63, 3.8) is 0 Å². The number of carbonyl (C=O) groups excluding carboxylic acids is 1. The number of nitrogens with zero attached hydrogens (tertiary/aromatic N) is 1. The molecule has 0 fully saturated rings. The molecule has 4 aromatic rings. The van der Waals surface area contributed by atoms with Crippen LogP contribution >= 0.6 is 23.1 Å². The van der Waals surface area contributed by atoms with Crippen molar-refractivity contribution >= 4 is 39.2 Å². The molecule has 1 aromatic carbocycles. The summed E-state index contributed by atoms with van der Waals surface area (Å²) in [6, 6.07) is 8.10. The maximum Gasteiger partial charge on any atom is 0.261 e. The Morgan fingerprint density at radius 1 is 1.27 bits per heavy atom. The second kappa shape index (κ2) is 8.49. The quantitative estimate of drug-likeness (QED) is 0.424. The summed E-state index contributed by atoms with van der Waals surface area (Å²) in [5.41, 5.74) is 3.71. The first-order valence-electron chi connectivity index (χ1n) is 9.44. The van der Waals surface area contributed by atoms with E-state index in [2.05, 4.69) is 47.3 Å². The molecule has 30 heavy (non-hydrogen) atoms. The topological polar surface area (TPSA) is 88.0 Å². The molecule has 2 N–H and O–H groups in total. The number of rotatable bonds is 6. The number of carbonyl (C=O) groups is 1. The number of aryl methyl sites for hydroxylation is 3. The third-order valence-corrected chi connectivity index (χ3v) is 7.15. The molecule has 3 heterocycles. The van der Waals surface area contributed by atoms with Crippen molar-refractivity contribution in [2.24, 2.45) is 0 Å². The van der Waals surface area contributed by atoms with Crippen LogP contribution in [0.1, 0.15) is 37.7 Å². The van der Waals surface area contributed by atoms with E-state index in [4.69, 9.17) is 4.42 Å². The molecule has 1 amide bonds. The van der Waals surface area contributed by atoms with E-state index in [9.17, 15) is 9.59 Å². The van der Waals surface area contributed by atoms with Gasteiger partial charge in [0.25, 0.3) is 11.5 Å². The van der Waals surface area contributed by atoms with Crippen LogP contribution in [-0.2, 0) is 12.3 Å². The lowest BCUT2D eigenvalue weighted by Gasteiger charge is -2.06. The van der Waals surface area contributed by atoms with Gasteiger partial charge in [0.2, 0.25) is 0 Å². The number of fused-ring (bicyclic) bond motifs is 1. The predicted molar refractivity (Wildman–Crippen MR) is 120 cm³/mol. The van der Waals surface area contributed by atoms with E-state index in [-0.39, 0.29) is 11.5 Å². The van der Waals surface area contributed by atoms with Crippen LogP contribution in [0.2, 0.25) is 0 Å². The molecule has 0 bridgehead atoms. The fourth-order valence-electron chi connectivity index (χ4n) is 3.14. The van der Waals surface area contributed by atoms with Gasteiger partial charge in [0.05, 0.1) is 28.5 Å². The lowest BCUT2D eigenvalue weighted by molar-refractivity contribution is 0.0954. The van der Waals surface area contributed by atoms with Gasteiger partial charge in [0.1, 0.15) is 10.7 Å². The smallest absolute Gasteiger partial charge is 0.261 e. The molecule has 0 aliphatic heterocycles. The second-order valence-electron chi connectivity index (χ2n) is 7.12. The number of aromatic amines is 1. The molecule has 0 saturated heterocycles. The summed E-state index contributed by atoms with van der Waals surface area (Å²) in [7, 11) is 0. The first-order chi connectivity index (χ1) is 14.4. The molecular weight excluding hydrogens is 418 g/mol. The third kappa shape index (κ3) is 4.20. The Balaban J connectivity index is 1.56. The maximum absolute atomic E-state index is 12.7. The minimum Gasteiger partial charge on any atom is -0.472 e. The molecule has 0 saturated carbocycles. The average Bonchev–Trinajstić information content (AvgIpc) is 3.35. The van der Waals surface area contributed by atoms with Crippen LogP contribution in [0.4, 0.5) is 0 Å². The van der Waals surface area contributed by atoms with Crippen molar-refractivity contribution in [1.82, 2.24) is 15.3 Å². The summed E-state index contributed by atoms with van der Waals surface area (Å²) in [6.45, 7) is 6.28. The average molecular weight is 440 g/mol. The Kier molecular flexibility index (Phi) is 5.78. The van der Waals surface area contributed by atoms with Crippen molar-refractivity contribution in [3.8, 4) is 0 Å². The van der Waals surface area contributed by atoms with Crippen LogP contribution in [-0.4, -0.2) is 15.9 Å². The molecule has 8 heteroatoms. The van der Waals surface area contributed by atoms with E-state index in [1.807, 2.05) is 0 Å². The number of hydrogen-bond acceptors (Lipinski definition) is 6. The van der Waals surface area contributed by atoms with E-state index in [0.717, 1.165) is 5.56 Å². The van der Waals surface area contributed by atoms with Crippen LogP contribution < -0.4 is 10.9 Å². The molecule has 4 rings (SSSR count). The molecule has 0 aliphatic carbocycles. The first-order valence-corrected chi connectivity index (χ1v) is 11.2. The van der Waals surface area contributed by atoms with E-state index < -0.39 is 0 Å². The highest BCUT2D eigenvalue weighted by molar-refractivity contribution is 7.98. The fraction of sp³-hybridized carbons (Fsp3) is 0.227. The molecule has 0 unspecified atom stereocenters. The highest BCUT2D eigenvalue weighted by Gasteiger charge is 2.19. The SMILES string of the molecule is Cc1ccc(C)c(SCc2nc3sc(C(=O)NCc4ccoc4)c(C)c3c(=O)[nH]2)c1. The first kappa shape index (κ1) is 20.4. The standard InChI is InChI=1S/C22H21N3O3S2/c1-12-4-5-13(2)16(8-12)29-11-17-24-20(26)18-14(3)19(30-22(18)25-17)21(27)23-9-15-6-7-28-10-15/h4-8,10H,9,11H2,1-3H3,(H,23,27)(H,24,25,26). The normalized spacial score (nSPS) is 11.2. The summed E-state index contributed by atoms with van der Waals surface area (Å²) in [5, 5.41) is 3.34. The Hall–Kier alpha value is -2.84. The van der Waals surface area contributed by atoms with Gasteiger partial charge < -0.3 is 14.7 Å². The molecule has 6 nitrogen and oxygen atoms in total. The summed E-state index contributed by atoms with van der Waals surface area (Å²) >= 11 is 2.89. The van der Waals surface area contributed by atoms with Crippen molar-refractivity contribution in [1.29, 1.82) is 0 Å². The van der Waals surface area contributed by atoms with Crippen molar-refractivity contribution in [2.75, 3.05) is 0 Å². The fourth-order valence-corrected chi connectivity index (χ4v) is 5.25. The summed E-state index contributed by atoms with van der Waals surface area (Å²) in [4.78, 5) is 35.1. The molecule has 154 valence electrons. The maximum atomic E-state index is 12.7. The van der Waals surface area contributed by atoms with Gasteiger partial charge in [-0.05, 0) is 44.0 Å². The number of benzene rings is 1. The zero-order valence-corrected chi connectivity index (χ0v) is 18.5. The van der Waals surface area contributed by atoms with Gasteiger partial charge in [-0.2, -0.15) is 0 Å². The second-order valence-corrected chi connectivity index (χ2v) is 9.14. The van der Waals surface area contributed by atoms with Gasteiger partial charge in [-0.15, -0.1) is 23.1 Å². The molecule has 3 aromatic heterocycles. The summed E-state index contributed by atoms with van der Waals surface area (Å²) < 4.78 is 5.02. The Labute approximate surface area is 181 Å². The summed E-state index contributed by atoms with van der Waals surface area (Å²) in [6.07, 6.45) is 3.15. The van der Waals surface area contributed by atoms with Crippen molar-refractivity contribution in [2.45, 2.75) is 38.0 Å². The van der Waals surface area contributed by atoms with Gasteiger partial charge in [-0.1, -0.05) is 17.7 Å². The van der Waals surface area contributed by atoms with Crippen molar-refractivity contribution in [3.05, 3.63) is 80.1 Å². The lowest BCUT2D eigenvalue weighted by Crippen LogP contribution is -2.22. The van der Waals surface area contributed by atoms with Gasteiger partial charge in [-0.25, -0.2) is 4.98 Å². The van der Waals surface area contributed by atoms with Crippen LogP contribution in [0.15, 0.2) is 50.9 Å². The minimum absolute atomic E-state index is 0.209. The number of thiophene rings is 1. The summed E-state index contributed by atoms with van der Waals surface area (Å²) in [5.74, 6) is 0.932. The van der Waals surface area contributed by atoms with Crippen LogP contribution in [0, 0.1) is 20.8 Å². The number of furan rings is 1. The van der Waals surface area contributed by atoms with Crippen molar-refractivity contribution < 1.29 is 9.21 Å². The molecule has 0 radical (unpaired) electrons. The Morgan fingerprint density at radius 2 is 2.10 bits per heavy atom. The monoisotopic (exact) mass is 439 g/mol. The van der Waals surface area contributed by atoms with Gasteiger partial charge in [0, 0.05) is 17.0 Å². The van der Waals surface area contributed by atoms with Crippen LogP contribution in [0.5, 0.6) is 0 Å². The molecule has 0 spiro atoms. The van der Waals surface area contributed by atoms with Gasteiger partial charge >= 0.3 is 0 Å². The molecule has 0 atom stereocenters. The van der Waals surface area contributed by atoms with Gasteiger partial charge in [0.15, 0.2) is 0 Å². The number of hydrogen-bond donors (Lipinski definition) is 2. The van der Waals surface area contributed by atoms with E-state index in [1.165, 1.54) is 27.4 Å².